The minimum absolute atomic E-state index is 0.0488. The van der Waals surface area contributed by atoms with Gasteiger partial charge in [0.15, 0.2) is 6.10 Å². The van der Waals surface area contributed by atoms with Crippen LogP contribution in [0.15, 0.2) is 0 Å². The highest BCUT2D eigenvalue weighted by Crippen LogP contribution is 2.21. The summed E-state index contributed by atoms with van der Waals surface area (Å²) in [4.78, 5) is 11.9. The second-order valence-corrected chi connectivity index (χ2v) is 8.06. The Morgan fingerprint density at radius 3 is 1.96 bits per heavy atom. The van der Waals surface area contributed by atoms with Crippen LogP contribution >= 0.6 is 0 Å². The first kappa shape index (κ1) is 25.3. The highest BCUT2D eigenvalue weighted by Gasteiger charge is 2.42. The predicted octanol–water partition coefficient (Wildman–Crippen LogP) is 3.49. The van der Waals surface area contributed by atoms with Gasteiger partial charge in [-0.15, -0.1) is 0 Å². The molecule has 0 aliphatic carbocycles. The number of aliphatic hydroxyl groups is 3. The molecule has 28 heavy (non-hydrogen) atoms. The average Bonchev–Trinajstić information content (AvgIpc) is 3.05. The molecule has 0 spiro atoms. The summed E-state index contributed by atoms with van der Waals surface area (Å²) < 4.78 is 10.5. The molecule has 4 atom stereocenters. The second-order valence-electron chi connectivity index (χ2n) is 8.06. The van der Waals surface area contributed by atoms with E-state index in [2.05, 4.69) is 6.92 Å². The molecule has 1 fully saturated rings. The zero-order valence-electron chi connectivity index (χ0n) is 17.7. The van der Waals surface area contributed by atoms with E-state index in [0.29, 0.717) is 6.42 Å². The SMILES string of the molecule is CCCCCCCCCCCCCCCC(=O)OC1COC(C(O)CO)C1O. The van der Waals surface area contributed by atoms with E-state index in [9.17, 15) is 15.0 Å². The summed E-state index contributed by atoms with van der Waals surface area (Å²) in [7, 11) is 0. The van der Waals surface area contributed by atoms with Crippen LogP contribution < -0.4 is 0 Å². The van der Waals surface area contributed by atoms with Crippen molar-refractivity contribution in [3.8, 4) is 0 Å². The Morgan fingerprint density at radius 2 is 1.46 bits per heavy atom. The van der Waals surface area contributed by atoms with Gasteiger partial charge in [-0.2, -0.15) is 0 Å². The number of ether oxygens (including phenoxy) is 2. The van der Waals surface area contributed by atoms with Gasteiger partial charge in [0.2, 0.25) is 0 Å². The fraction of sp³-hybridized carbons (Fsp3) is 0.955. The maximum atomic E-state index is 11.9. The summed E-state index contributed by atoms with van der Waals surface area (Å²) in [6, 6.07) is 0. The summed E-state index contributed by atoms with van der Waals surface area (Å²) in [5.41, 5.74) is 0. The number of unbranched alkanes of at least 4 members (excludes halogenated alkanes) is 12. The van der Waals surface area contributed by atoms with Gasteiger partial charge in [0.25, 0.3) is 0 Å². The Hall–Kier alpha value is -0.690. The number of esters is 1. The van der Waals surface area contributed by atoms with Crippen LogP contribution in [-0.4, -0.2) is 58.9 Å². The van der Waals surface area contributed by atoms with Crippen molar-refractivity contribution in [3.63, 3.8) is 0 Å². The van der Waals surface area contributed by atoms with Gasteiger partial charge in [-0.1, -0.05) is 84.0 Å². The predicted molar refractivity (Wildman–Crippen MR) is 109 cm³/mol. The first-order valence-electron chi connectivity index (χ1n) is 11.4. The third-order valence-corrected chi connectivity index (χ3v) is 5.50. The number of aliphatic hydroxyl groups excluding tert-OH is 3. The summed E-state index contributed by atoms with van der Waals surface area (Å²) in [6.45, 7) is 1.80. The monoisotopic (exact) mass is 402 g/mol. The lowest BCUT2D eigenvalue weighted by Gasteiger charge is -2.20. The molecule has 6 nitrogen and oxygen atoms in total. The molecular formula is C22H42O6. The molecule has 3 N–H and O–H groups in total. The lowest BCUT2D eigenvalue weighted by atomic mass is 10.0. The van der Waals surface area contributed by atoms with Crippen LogP contribution in [-0.2, 0) is 14.3 Å². The molecule has 1 aliphatic rings. The molecule has 1 rings (SSSR count). The number of hydrogen-bond acceptors (Lipinski definition) is 6. The summed E-state index contributed by atoms with van der Waals surface area (Å²) in [5.74, 6) is -0.338. The molecule has 4 unspecified atom stereocenters. The van der Waals surface area contributed by atoms with Crippen molar-refractivity contribution in [2.75, 3.05) is 13.2 Å². The van der Waals surface area contributed by atoms with Gasteiger partial charge in [0.1, 0.15) is 18.3 Å². The molecular weight excluding hydrogens is 360 g/mol. The van der Waals surface area contributed by atoms with Gasteiger partial charge in [0.05, 0.1) is 13.2 Å². The van der Waals surface area contributed by atoms with Gasteiger partial charge in [-0.05, 0) is 6.42 Å². The molecule has 0 bridgehead atoms. The number of rotatable bonds is 17. The first-order chi connectivity index (χ1) is 13.6. The topological polar surface area (TPSA) is 96.2 Å². The van der Waals surface area contributed by atoms with E-state index >= 15 is 0 Å². The second kappa shape index (κ2) is 16.1. The average molecular weight is 403 g/mol. The largest absolute Gasteiger partial charge is 0.457 e. The Balaban J connectivity index is 1.92. The molecule has 166 valence electrons. The maximum absolute atomic E-state index is 11.9. The summed E-state index contributed by atoms with van der Waals surface area (Å²) >= 11 is 0. The van der Waals surface area contributed by atoms with E-state index in [4.69, 9.17) is 14.6 Å². The van der Waals surface area contributed by atoms with Crippen LogP contribution in [0, 0.1) is 0 Å². The van der Waals surface area contributed by atoms with Crippen molar-refractivity contribution in [2.24, 2.45) is 0 Å². The molecule has 0 saturated carbocycles. The number of hydrogen-bond donors (Lipinski definition) is 3. The van der Waals surface area contributed by atoms with Crippen molar-refractivity contribution in [2.45, 2.75) is 121 Å². The molecule has 0 aromatic heterocycles. The maximum Gasteiger partial charge on any atom is 0.306 e. The third-order valence-electron chi connectivity index (χ3n) is 5.50. The highest BCUT2D eigenvalue weighted by atomic mass is 16.6. The van der Waals surface area contributed by atoms with Crippen molar-refractivity contribution in [1.82, 2.24) is 0 Å². The molecule has 1 aliphatic heterocycles. The fourth-order valence-electron chi connectivity index (χ4n) is 3.68. The number of carbonyl (C=O) groups is 1. The zero-order valence-corrected chi connectivity index (χ0v) is 17.7. The molecule has 0 radical (unpaired) electrons. The van der Waals surface area contributed by atoms with Crippen molar-refractivity contribution < 1.29 is 29.6 Å². The van der Waals surface area contributed by atoms with E-state index in [1.165, 1.54) is 64.2 Å². The zero-order chi connectivity index (χ0) is 20.6. The summed E-state index contributed by atoms with van der Waals surface area (Å²) in [5, 5.41) is 28.5. The smallest absolute Gasteiger partial charge is 0.306 e. The molecule has 6 heteroatoms. The van der Waals surface area contributed by atoms with Crippen molar-refractivity contribution in [1.29, 1.82) is 0 Å². The van der Waals surface area contributed by atoms with Crippen molar-refractivity contribution in [3.05, 3.63) is 0 Å². The standard InChI is InChI=1S/C22H42O6/c1-2-3-4-5-6-7-8-9-10-11-12-13-14-15-20(25)28-19-17-27-22(21(19)26)18(24)16-23/h18-19,21-24,26H,2-17H2,1H3. The molecule has 0 amide bonds. The Bertz CT molecular complexity index is 389. The Morgan fingerprint density at radius 1 is 0.964 bits per heavy atom. The Labute approximate surface area is 170 Å². The Kier molecular flexibility index (Phi) is 14.6. The number of carbonyl (C=O) groups excluding carboxylic acids is 1. The van der Waals surface area contributed by atoms with Crippen LogP contribution in [0.3, 0.4) is 0 Å². The third kappa shape index (κ3) is 10.7. The normalized spacial score (nSPS) is 23.1. The van der Waals surface area contributed by atoms with Crippen LogP contribution in [0.1, 0.15) is 96.8 Å². The lowest BCUT2D eigenvalue weighted by Crippen LogP contribution is -2.41. The van der Waals surface area contributed by atoms with Gasteiger partial charge in [-0.25, -0.2) is 0 Å². The van der Waals surface area contributed by atoms with Crippen LogP contribution in [0.5, 0.6) is 0 Å². The van der Waals surface area contributed by atoms with Gasteiger partial charge in [0, 0.05) is 6.42 Å². The fourth-order valence-corrected chi connectivity index (χ4v) is 3.68. The lowest BCUT2D eigenvalue weighted by molar-refractivity contribution is -0.153. The van der Waals surface area contributed by atoms with Crippen LogP contribution in [0.4, 0.5) is 0 Å². The van der Waals surface area contributed by atoms with Gasteiger partial charge in [-0.3, -0.25) is 4.79 Å². The first-order valence-corrected chi connectivity index (χ1v) is 11.4. The molecule has 1 heterocycles. The van der Waals surface area contributed by atoms with Crippen LogP contribution in [0.2, 0.25) is 0 Å². The van der Waals surface area contributed by atoms with E-state index < -0.39 is 31.0 Å². The van der Waals surface area contributed by atoms with Gasteiger partial charge < -0.3 is 24.8 Å². The summed E-state index contributed by atoms with van der Waals surface area (Å²) in [6.07, 6.45) is 12.7. The van der Waals surface area contributed by atoms with E-state index in [-0.39, 0.29) is 12.6 Å². The molecule has 0 aromatic rings. The molecule has 1 saturated heterocycles. The van der Waals surface area contributed by atoms with E-state index in [1.807, 2.05) is 0 Å². The minimum atomic E-state index is -1.17. The van der Waals surface area contributed by atoms with Gasteiger partial charge >= 0.3 is 5.97 Å². The molecule has 0 aromatic carbocycles. The van der Waals surface area contributed by atoms with E-state index in [1.54, 1.807) is 0 Å². The highest BCUT2D eigenvalue weighted by molar-refractivity contribution is 5.69. The van der Waals surface area contributed by atoms with Crippen LogP contribution in [0.25, 0.3) is 0 Å². The van der Waals surface area contributed by atoms with Crippen molar-refractivity contribution >= 4 is 5.97 Å². The minimum Gasteiger partial charge on any atom is -0.457 e. The quantitative estimate of drug-likeness (QED) is 0.255. The van der Waals surface area contributed by atoms with E-state index in [0.717, 1.165) is 19.3 Å².